The number of hydrogen-bond donors (Lipinski definition) is 1. The maximum Gasteiger partial charge on any atom is 0.441 e. The highest BCUT2D eigenvalue weighted by Crippen LogP contribution is 2.29. The highest BCUT2D eigenvalue weighted by Gasteiger charge is 2.27. The first-order chi connectivity index (χ1) is 8.83. The van der Waals surface area contributed by atoms with Crippen molar-refractivity contribution in [2.75, 3.05) is 25.2 Å². The summed E-state index contributed by atoms with van der Waals surface area (Å²) in [6, 6.07) is 4.24. The molecule has 0 saturated heterocycles. The number of esters is 1. The monoisotopic (exact) mass is 295 g/mol. The first-order valence-corrected chi connectivity index (χ1v) is 6.13. The zero-order valence-corrected chi connectivity index (χ0v) is 10.8. The number of ether oxygens (including phenoxy) is 2. The summed E-state index contributed by atoms with van der Waals surface area (Å²) < 4.78 is 45.1. The van der Waals surface area contributed by atoms with Gasteiger partial charge in [-0.05, 0) is 30.0 Å². The van der Waals surface area contributed by atoms with Gasteiger partial charge in [-0.1, -0.05) is 0 Å². The van der Waals surface area contributed by atoms with Gasteiger partial charge in [-0.15, -0.1) is 0 Å². The second-order valence-electron chi connectivity index (χ2n) is 3.39. The molecule has 2 N–H and O–H groups in total. The molecule has 0 radical (unpaired) electrons. The summed E-state index contributed by atoms with van der Waals surface area (Å²) in [6.07, 6.45) is 0. The molecule has 0 amide bonds. The van der Waals surface area contributed by atoms with E-state index in [9.17, 15) is 18.0 Å². The number of anilines is 1. The molecule has 0 unspecified atom stereocenters. The van der Waals surface area contributed by atoms with Crippen LogP contribution in [0.3, 0.4) is 0 Å². The Kier molecular flexibility index (Phi) is 5.34. The molecule has 0 saturated carbocycles. The predicted octanol–water partition coefficient (Wildman–Crippen LogP) is 2.69. The van der Waals surface area contributed by atoms with E-state index in [0.717, 1.165) is 0 Å². The first-order valence-electron chi connectivity index (χ1n) is 5.15. The van der Waals surface area contributed by atoms with Crippen molar-refractivity contribution in [3.8, 4) is 5.75 Å². The average Bonchev–Trinajstić information content (AvgIpc) is 2.33. The van der Waals surface area contributed by atoms with E-state index in [2.05, 4.69) is 0 Å². The summed E-state index contributed by atoms with van der Waals surface area (Å²) in [5.74, 6) is -0.762. The van der Waals surface area contributed by atoms with Gasteiger partial charge in [0, 0.05) is 5.75 Å². The van der Waals surface area contributed by atoms with Crippen molar-refractivity contribution in [2.45, 2.75) is 5.51 Å². The lowest BCUT2D eigenvalue weighted by Gasteiger charge is -2.08. The van der Waals surface area contributed by atoms with Crippen LogP contribution < -0.4 is 10.5 Å². The van der Waals surface area contributed by atoms with Crippen molar-refractivity contribution < 1.29 is 27.4 Å². The van der Waals surface area contributed by atoms with Crippen molar-refractivity contribution in [1.29, 1.82) is 0 Å². The van der Waals surface area contributed by atoms with Crippen molar-refractivity contribution in [3.05, 3.63) is 23.8 Å². The number of carbonyl (C=O) groups is 1. The third kappa shape index (κ3) is 5.29. The number of thioether (sulfide) groups is 1. The van der Waals surface area contributed by atoms with Gasteiger partial charge in [-0.25, -0.2) is 4.79 Å². The van der Waals surface area contributed by atoms with Gasteiger partial charge in [0.25, 0.3) is 0 Å². The normalized spacial score (nSPS) is 11.2. The smallest absolute Gasteiger partial charge is 0.441 e. The van der Waals surface area contributed by atoms with Crippen LogP contribution in [0.1, 0.15) is 10.4 Å². The predicted molar refractivity (Wildman–Crippen MR) is 66.2 cm³/mol. The molecule has 0 spiro atoms. The van der Waals surface area contributed by atoms with E-state index in [4.69, 9.17) is 15.2 Å². The Morgan fingerprint density at radius 2 is 2.11 bits per heavy atom. The van der Waals surface area contributed by atoms with Gasteiger partial charge in [-0.2, -0.15) is 13.2 Å². The Morgan fingerprint density at radius 1 is 1.42 bits per heavy atom. The van der Waals surface area contributed by atoms with Crippen molar-refractivity contribution >= 4 is 23.4 Å². The van der Waals surface area contributed by atoms with Crippen molar-refractivity contribution in [1.82, 2.24) is 0 Å². The number of methoxy groups -OCH3 is 1. The van der Waals surface area contributed by atoms with Crippen LogP contribution >= 0.6 is 11.8 Å². The van der Waals surface area contributed by atoms with Crippen molar-refractivity contribution in [2.24, 2.45) is 0 Å². The Bertz CT molecular complexity index is 451. The maximum atomic E-state index is 11.8. The van der Waals surface area contributed by atoms with Crippen LogP contribution in [0.2, 0.25) is 0 Å². The van der Waals surface area contributed by atoms with Crippen LogP contribution in [-0.2, 0) is 4.74 Å². The second kappa shape index (κ2) is 6.55. The van der Waals surface area contributed by atoms with Gasteiger partial charge < -0.3 is 15.2 Å². The highest BCUT2D eigenvalue weighted by molar-refractivity contribution is 8.00. The van der Waals surface area contributed by atoms with E-state index in [0.29, 0.717) is 11.4 Å². The summed E-state index contributed by atoms with van der Waals surface area (Å²) in [4.78, 5) is 11.5. The van der Waals surface area contributed by atoms with Crippen LogP contribution in [0, 0.1) is 0 Å². The number of benzene rings is 1. The van der Waals surface area contributed by atoms with Crippen LogP contribution in [0.15, 0.2) is 18.2 Å². The van der Waals surface area contributed by atoms with Crippen LogP contribution in [0.4, 0.5) is 18.9 Å². The van der Waals surface area contributed by atoms with E-state index < -0.39 is 11.5 Å². The summed E-state index contributed by atoms with van der Waals surface area (Å²) in [5.41, 5.74) is 1.76. The molecule has 8 heteroatoms. The number of carbonyl (C=O) groups excluding carboxylic acids is 1. The Morgan fingerprint density at radius 3 is 2.68 bits per heavy atom. The molecule has 0 fully saturated rings. The molecule has 1 aromatic rings. The molecular weight excluding hydrogens is 283 g/mol. The van der Waals surface area contributed by atoms with Gasteiger partial charge in [0.05, 0.1) is 18.4 Å². The highest BCUT2D eigenvalue weighted by atomic mass is 32.2. The van der Waals surface area contributed by atoms with Crippen molar-refractivity contribution in [3.63, 3.8) is 0 Å². The molecule has 0 bridgehead atoms. The second-order valence-corrected chi connectivity index (χ2v) is 4.55. The van der Waals surface area contributed by atoms with E-state index in [-0.39, 0.29) is 29.7 Å². The minimum absolute atomic E-state index is 0.169. The SMILES string of the molecule is COc1cc(C(=O)OCCSC(F)(F)F)ccc1N. The Labute approximate surface area is 112 Å². The molecule has 1 aromatic carbocycles. The summed E-state index contributed by atoms with van der Waals surface area (Å²) in [7, 11) is 1.39. The molecule has 0 atom stereocenters. The topological polar surface area (TPSA) is 61.5 Å². The van der Waals surface area contributed by atoms with Gasteiger partial charge in [-0.3, -0.25) is 0 Å². The quantitative estimate of drug-likeness (QED) is 0.514. The fraction of sp³-hybridized carbons (Fsp3) is 0.364. The van der Waals surface area contributed by atoms with Crippen LogP contribution in [-0.4, -0.2) is 30.9 Å². The standard InChI is InChI=1S/C11H12F3NO3S/c1-17-9-6-7(2-3-8(9)15)10(16)18-4-5-19-11(12,13)14/h2-3,6H,4-5,15H2,1H3. The van der Waals surface area contributed by atoms with E-state index in [1.54, 1.807) is 0 Å². The molecule has 19 heavy (non-hydrogen) atoms. The molecule has 0 aliphatic carbocycles. The number of nitrogen functional groups attached to an aromatic ring is 1. The molecule has 0 aliphatic heterocycles. The van der Waals surface area contributed by atoms with Gasteiger partial charge >= 0.3 is 11.5 Å². The third-order valence-corrected chi connectivity index (χ3v) is 2.75. The Balaban J connectivity index is 2.50. The van der Waals surface area contributed by atoms with E-state index in [1.165, 1.54) is 25.3 Å². The lowest BCUT2D eigenvalue weighted by Crippen LogP contribution is -2.11. The molecule has 0 aliphatic rings. The Hall–Kier alpha value is -1.57. The minimum atomic E-state index is -4.32. The van der Waals surface area contributed by atoms with E-state index >= 15 is 0 Å². The number of hydrogen-bond acceptors (Lipinski definition) is 5. The number of alkyl halides is 3. The summed E-state index contributed by atoms with van der Waals surface area (Å²) in [5, 5.41) is 0. The molecule has 1 rings (SSSR count). The van der Waals surface area contributed by atoms with Crippen LogP contribution in [0.25, 0.3) is 0 Å². The van der Waals surface area contributed by atoms with E-state index in [1.807, 2.05) is 0 Å². The molecular formula is C11H12F3NO3S. The largest absolute Gasteiger partial charge is 0.495 e. The summed E-state index contributed by atoms with van der Waals surface area (Å²) in [6.45, 7) is -0.324. The molecule has 0 aromatic heterocycles. The maximum absolute atomic E-state index is 11.8. The minimum Gasteiger partial charge on any atom is -0.495 e. The number of nitrogens with two attached hydrogens (primary N) is 1. The molecule has 106 valence electrons. The zero-order valence-electron chi connectivity index (χ0n) is 9.99. The van der Waals surface area contributed by atoms with Gasteiger partial charge in [0.1, 0.15) is 12.4 Å². The zero-order chi connectivity index (χ0) is 14.5. The number of halogens is 3. The van der Waals surface area contributed by atoms with Gasteiger partial charge in [0.15, 0.2) is 0 Å². The fourth-order valence-corrected chi connectivity index (χ4v) is 1.61. The van der Waals surface area contributed by atoms with Gasteiger partial charge in [0.2, 0.25) is 0 Å². The lowest BCUT2D eigenvalue weighted by molar-refractivity contribution is -0.0331. The molecule has 4 nitrogen and oxygen atoms in total. The number of rotatable bonds is 5. The van der Waals surface area contributed by atoms with Crippen LogP contribution in [0.5, 0.6) is 5.75 Å². The average molecular weight is 295 g/mol. The fourth-order valence-electron chi connectivity index (χ4n) is 1.21. The first kappa shape index (κ1) is 15.5. The molecule has 0 heterocycles. The summed E-state index contributed by atoms with van der Waals surface area (Å²) >= 11 is -0.241. The lowest BCUT2D eigenvalue weighted by atomic mass is 10.2. The third-order valence-electron chi connectivity index (χ3n) is 2.05.